The number of unbranched alkanes of at least 4 members (excludes halogenated alkanes) is 2. The van der Waals surface area contributed by atoms with Crippen molar-refractivity contribution in [2.45, 2.75) is 97.3 Å². The maximum atomic E-state index is 12.5. The molecule has 6 nitrogen and oxygen atoms in total. The molecule has 2 unspecified atom stereocenters. The monoisotopic (exact) mass is 343 g/mol. The van der Waals surface area contributed by atoms with E-state index in [9.17, 15) is 14.7 Å². The molecule has 0 aliphatic carbocycles. The van der Waals surface area contributed by atoms with Gasteiger partial charge in [-0.05, 0) is 25.8 Å². The fraction of sp³-hybridized carbons (Fsp3) is 0.889. The Kier molecular flexibility index (Phi) is 12.6. The summed E-state index contributed by atoms with van der Waals surface area (Å²) < 4.78 is 0. The second kappa shape index (κ2) is 13.2. The molecule has 24 heavy (non-hydrogen) atoms. The van der Waals surface area contributed by atoms with Crippen molar-refractivity contribution in [3.05, 3.63) is 0 Å². The number of amides is 1. The van der Waals surface area contributed by atoms with Crippen molar-refractivity contribution in [3.63, 3.8) is 0 Å². The molecule has 1 amide bonds. The van der Waals surface area contributed by atoms with Gasteiger partial charge in [0.25, 0.3) is 0 Å². The molecule has 0 rings (SSSR count). The minimum atomic E-state index is -0.957. The highest BCUT2D eigenvalue weighted by Gasteiger charge is 2.24. The maximum Gasteiger partial charge on any atom is 0.326 e. The topological polar surface area (TPSA) is 90.5 Å². The van der Waals surface area contributed by atoms with Crippen molar-refractivity contribution in [2.24, 2.45) is 0 Å². The van der Waals surface area contributed by atoms with Crippen molar-refractivity contribution >= 4 is 11.9 Å². The maximum absolute atomic E-state index is 12.5. The summed E-state index contributed by atoms with van der Waals surface area (Å²) in [6, 6.07) is -0.495. The van der Waals surface area contributed by atoms with Gasteiger partial charge in [0.2, 0.25) is 5.91 Å². The van der Waals surface area contributed by atoms with Gasteiger partial charge in [-0.3, -0.25) is 4.79 Å². The molecule has 2 atom stereocenters. The zero-order valence-corrected chi connectivity index (χ0v) is 16.0. The van der Waals surface area contributed by atoms with E-state index in [1.54, 1.807) is 0 Å². The van der Waals surface area contributed by atoms with Gasteiger partial charge in [-0.15, -0.1) is 0 Å². The smallest absolute Gasteiger partial charge is 0.326 e. The van der Waals surface area contributed by atoms with Crippen LogP contribution >= 0.6 is 0 Å². The molecule has 0 aromatic rings. The van der Waals surface area contributed by atoms with Crippen molar-refractivity contribution in [2.75, 3.05) is 6.54 Å². The van der Waals surface area contributed by atoms with Gasteiger partial charge in [-0.2, -0.15) is 0 Å². The molecule has 0 aromatic carbocycles. The van der Waals surface area contributed by atoms with Gasteiger partial charge in [0, 0.05) is 12.1 Å². The van der Waals surface area contributed by atoms with Crippen LogP contribution < -0.4 is 16.0 Å². The van der Waals surface area contributed by atoms with Crippen LogP contribution in [-0.2, 0) is 9.59 Å². The van der Waals surface area contributed by atoms with Gasteiger partial charge in [0.15, 0.2) is 0 Å². The molecule has 0 spiro atoms. The van der Waals surface area contributed by atoms with Crippen molar-refractivity contribution < 1.29 is 14.7 Å². The van der Waals surface area contributed by atoms with E-state index >= 15 is 0 Å². The van der Waals surface area contributed by atoms with E-state index in [1.165, 1.54) is 0 Å². The van der Waals surface area contributed by atoms with Crippen molar-refractivity contribution in [1.82, 2.24) is 16.0 Å². The summed E-state index contributed by atoms with van der Waals surface area (Å²) in [4.78, 5) is 23.8. The number of carbonyl (C=O) groups is 2. The molecule has 0 aliphatic heterocycles. The Morgan fingerprint density at radius 1 is 0.917 bits per heavy atom. The van der Waals surface area contributed by atoms with Crippen LogP contribution in [0.15, 0.2) is 0 Å². The highest BCUT2D eigenvalue weighted by molar-refractivity contribution is 5.86. The Morgan fingerprint density at radius 2 is 1.54 bits per heavy atom. The molecule has 0 radical (unpaired) electrons. The molecule has 0 aromatic heterocycles. The second-order valence-electron chi connectivity index (χ2n) is 7.02. The lowest BCUT2D eigenvalue weighted by Crippen LogP contribution is -2.51. The van der Waals surface area contributed by atoms with Crippen LogP contribution in [0.2, 0.25) is 0 Å². The largest absolute Gasteiger partial charge is 0.480 e. The lowest BCUT2D eigenvalue weighted by molar-refractivity contribution is -0.142. The third kappa shape index (κ3) is 11.4. The van der Waals surface area contributed by atoms with E-state index < -0.39 is 12.0 Å². The number of carbonyl (C=O) groups excluding carboxylic acids is 1. The fourth-order valence-corrected chi connectivity index (χ4v) is 2.49. The number of rotatable bonds is 14. The van der Waals surface area contributed by atoms with Crippen LogP contribution in [0.25, 0.3) is 0 Å². The third-order valence-electron chi connectivity index (χ3n) is 3.78. The van der Waals surface area contributed by atoms with E-state index in [0.717, 1.165) is 32.2 Å². The summed E-state index contributed by atoms with van der Waals surface area (Å²) >= 11 is 0. The second-order valence-corrected chi connectivity index (χ2v) is 7.02. The third-order valence-corrected chi connectivity index (χ3v) is 3.78. The van der Waals surface area contributed by atoms with Crippen LogP contribution in [-0.4, -0.2) is 47.7 Å². The van der Waals surface area contributed by atoms with Gasteiger partial charge in [0.05, 0.1) is 6.04 Å². The normalized spacial score (nSPS) is 14.0. The van der Waals surface area contributed by atoms with Crippen LogP contribution in [0.3, 0.4) is 0 Å². The predicted octanol–water partition coefficient (Wildman–Crippen LogP) is 2.28. The molecule has 0 aliphatic rings. The first-order valence-electron chi connectivity index (χ1n) is 9.30. The average molecular weight is 344 g/mol. The number of carboxylic acid groups (broad SMARTS) is 1. The van der Waals surface area contributed by atoms with E-state index in [2.05, 4.69) is 29.8 Å². The van der Waals surface area contributed by atoms with Gasteiger partial charge < -0.3 is 21.1 Å². The van der Waals surface area contributed by atoms with Crippen LogP contribution in [0.4, 0.5) is 0 Å². The van der Waals surface area contributed by atoms with Crippen LogP contribution in [0.5, 0.6) is 0 Å². The minimum absolute atomic E-state index is 0.174. The fourth-order valence-electron chi connectivity index (χ4n) is 2.49. The Bertz CT molecular complexity index is 359. The number of carboxylic acids is 1. The van der Waals surface area contributed by atoms with Gasteiger partial charge >= 0.3 is 5.97 Å². The molecule has 4 N–H and O–H groups in total. The predicted molar refractivity (Wildman–Crippen MR) is 98.1 cm³/mol. The summed E-state index contributed by atoms with van der Waals surface area (Å²) in [5.74, 6) is -1.16. The summed E-state index contributed by atoms with van der Waals surface area (Å²) in [6.07, 6.45) is 4.81. The lowest BCUT2D eigenvalue weighted by Gasteiger charge is -2.23. The Morgan fingerprint density at radius 3 is 2.04 bits per heavy atom. The number of aliphatic carboxylic acids is 1. The Hall–Kier alpha value is -1.14. The lowest BCUT2D eigenvalue weighted by atomic mass is 10.1. The molecule has 0 bridgehead atoms. The molecule has 0 fully saturated rings. The van der Waals surface area contributed by atoms with Crippen molar-refractivity contribution in [1.29, 1.82) is 0 Å². The first kappa shape index (κ1) is 22.9. The summed E-state index contributed by atoms with van der Waals surface area (Å²) in [6.45, 7) is 11.1. The Balaban J connectivity index is 4.48. The zero-order chi connectivity index (χ0) is 18.5. The SMILES string of the molecule is CCCCC(NC(=O)C(CCCCNC(C)C)NC(C)C)C(=O)O. The number of nitrogens with one attached hydrogen (secondary N) is 3. The number of hydrogen-bond acceptors (Lipinski definition) is 4. The average Bonchev–Trinajstić information content (AvgIpc) is 2.48. The van der Waals surface area contributed by atoms with Crippen molar-refractivity contribution in [3.8, 4) is 0 Å². The summed E-state index contributed by atoms with van der Waals surface area (Å²) in [5.41, 5.74) is 0. The molecular formula is C18H37N3O3. The molecule has 0 saturated heterocycles. The highest BCUT2D eigenvalue weighted by atomic mass is 16.4. The van der Waals surface area contributed by atoms with Gasteiger partial charge in [-0.25, -0.2) is 4.79 Å². The highest BCUT2D eigenvalue weighted by Crippen LogP contribution is 2.06. The van der Waals surface area contributed by atoms with E-state index in [0.29, 0.717) is 18.9 Å². The number of hydrogen-bond donors (Lipinski definition) is 4. The molecule has 6 heteroatoms. The summed E-state index contributed by atoms with van der Waals surface area (Å²) in [7, 11) is 0. The zero-order valence-electron chi connectivity index (χ0n) is 16.0. The Labute approximate surface area is 147 Å². The van der Waals surface area contributed by atoms with Gasteiger partial charge in [-0.1, -0.05) is 53.9 Å². The first-order chi connectivity index (χ1) is 11.3. The van der Waals surface area contributed by atoms with Gasteiger partial charge in [0.1, 0.15) is 6.04 Å². The van der Waals surface area contributed by atoms with E-state index in [4.69, 9.17) is 0 Å². The first-order valence-corrected chi connectivity index (χ1v) is 9.30. The van der Waals surface area contributed by atoms with E-state index in [-0.39, 0.29) is 18.0 Å². The van der Waals surface area contributed by atoms with Crippen LogP contribution in [0, 0.1) is 0 Å². The molecule has 0 saturated carbocycles. The quantitative estimate of drug-likeness (QED) is 0.363. The standard InChI is InChI=1S/C18H37N3O3/c1-6-7-10-16(18(23)24)21-17(22)15(20-14(4)5)11-8-9-12-19-13(2)3/h13-16,19-20H,6-12H2,1-5H3,(H,21,22)(H,23,24). The minimum Gasteiger partial charge on any atom is -0.480 e. The summed E-state index contributed by atoms with van der Waals surface area (Å²) in [5, 5.41) is 18.6. The van der Waals surface area contributed by atoms with E-state index in [1.807, 2.05) is 20.8 Å². The molecular weight excluding hydrogens is 306 g/mol. The van der Waals surface area contributed by atoms with Crippen LogP contribution in [0.1, 0.15) is 73.1 Å². The molecule has 142 valence electrons. The molecule has 0 heterocycles.